The number of anilines is 1. The van der Waals surface area contributed by atoms with Crippen molar-refractivity contribution in [2.45, 2.75) is 45.6 Å². The van der Waals surface area contributed by atoms with Crippen molar-refractivity contribution in [2.75, 3.05) is 24.5 Å². The predicted octanol–water partition coefficient (Wildman–Crippen LogP) is 2.70. The minimum absolute atomic E-state index is 0.336. The molecule has 0 bridgehead atoms. The van der Waals surface area contributed by atoms with Crippen molar-refractivity contribution in [1.82, 2.24) is 0 Å². The third-order valence-corrected chi connectivity index (χ3v) is 3.58. The summed E-state index contributed by atoms with van der Waals surface area (Å²) in [5, 5.41) is 9.86. The van der Waals surface area contributed by atoms with Gasteiger partial charge < -0.3 is 15.7 Å². The summed E-state index contributed by atoms with van der Waals surface area (Å²) in [5.41, 5.74) is 7.39. The van der Waals surface area contributed by atoms with Crippen LogP contribution < -0.4 is 10.6 Å². The lowest BCUT2D eigenvalue weighted by molar-refractivity contribution is 0.0574. The van der Waals surface area contributed by atoms with Crippen LogP contribution in [0.3, 0.4) is 0 Å². The standard InChI is InChI=1S/C16H28N2O/c1-4-18(15-9-7-8-14(2)12-15)11-6-5-10-16(3,19)13-17/h7-9,12,19H,4-6,10-11,13,17H2,1-3H3. The molecule has 0 saturated heterocycles. The zero-order valence-corrected chi connectivity index (χ0v) is 12.5. The van der Waals surface area contributed by atoms with Crippen LogP contribution in [0.1, 0.15) is 38.7 Å². The number of nitrogens with two attached hydrogens (primary N) is 1. The molecule has 0 aliphatic carbocycles. The summed E-state index contributed by atoms with van der Waals surface area (Å²) in [6.45, 7) is 8.49. The molecule has 3 heteroatoms. The molecule has 1 atom stereocenters. The van der Waals surface area contributed by atoms with E-state index in [0.29, 0.717) is 6.54 Å². The van der Waals surface area contributed by atoms with Gasteiger partial charge in [0, 0.05) is 25.3 Å². The highest BCUT2D eigenvalue weighted by Crippen LogP contribution is 2.17. The first-order chi connectivity index (χ1) is 8.98. The Balaban J connectivity index is 2.42. The molecule has 1 rings (SSSR count). The Morgan fingerprint density at radius 1 is 1.32 bits per heavy atom. The van der Waals surface area contributed by atoms with Gasteiger partial charge in [-0.2, -0.15) is 0 Å². The number of benzene rings is 1. The Morgan fingerprint density at radius 2 is 2.05 bits per heavy atom. The highest BCUT2D eigenvalue weighted by molar-refractivity contribution is 5.48. The van der Waals surface area contributed by atoms with E-state index in [2.05, 4.69) is 43.0 Å². The fourth-order valence-electron chi connectivity index (χ4n) is 2.21. The van der Waals surface area contributed by atoms with Crippen LogP contribution in [0, 0.1) is 6.92 Å². The zero-order chi connectivity index (χ0) is 14.3. The number of nitrogens with zero attached hydrogens (tertiary/aromatic N) is 1. The van der Waals surface area contributed by atoms with E-state index < -0.39 is 5.60 Å². The van der Waals surface area contributed by atoms with Gasteiger partial charge in [0.05, 0.1) is 5.60 Å². The second kappa shape index (κ2) is 7.51. The fraction of sp³-hybridized carbons (Fsp3) is 0.625. The number of aliphatic hydroxyl groups is 1. The summed E-state index contributed by atoms with van der Waals surface area (Å²) in [4.78, 5) is 2.38. The molecule has 1 aromatic carbocycles. The van der Waals surface area contributed by atoms with Gasteiger partial charge in [-0.3, -0.25) is 0 Å². The SMILES string of the molecule is CCN(CCCCC(C)(O)CN)c1cccc(C)c1. The Hall–Kier alpha value is -1.06. The molecule has 3 nitrogen and oxygen atoms in total. The predicted molar refractivity (Wildman–Crippen MR) is 82.6 cm³/mol. The molecule has 0 aliphatic rings. The molecule has 1 unspecified atom stereocenters. The van der Waals surface area contributed by atoms with Crippen molar-refractivity contribution in [3.63, 3.8) is 0 Å². The van der Waals surface area contributed by atoms with E-state index in [1.807, 2.05) is 6.92 Å². The highest BCUT2D eigenvalue weighted by Gasteiger charge is 2.17. The molecule has 3 N–H and O–H groups in total. The molecule has 0 heterocycles. The van der Waals surface area contributed by atoms with Crippen LogP contribution in [-0.4, -0.2) is 30.3 Å². The smallest absolute Gasteiger partial charge is 0.0741 e. The van der Waals surface area contributed by atoms with Crippen LogP contribution in [-0.2, 0) is 0 Å². The number of aryl methyl sites for hydroxylation is 1. The lowest BCUT2D eigenvalue weighted by atomic mass is 9.99. The summed E-state index contributed by atoms with van der Waals surface area (Å²) in [6.07, 6.45) is 2.86. The molecule has 0 spiro atoms. The van der Waals surface area contributed by atoms with Crippen molar-refractivity contribution in [2.24, 2.45) is 5.73 Å². The summed E-state index contributed by atoms with van der Waals surface area (Å²) >= 11 is 0. The van der Waals surface area contributed by atoms with E-state index in [1.165, 1.54) is 11.3 Å². The summed E-state index contributed by atoms with van der Waals surface area (Å²) < 4.78 is 0. The molecule has 0 amide bonds. The molecule has 1 aromatic rings. The van der Waals surface area contributed by atoms with E-state index in [9.17, 15) is 5.11 Å². The van der Waals surface area contributed by atoms with Gasteiger partial charge in [-0.1, -0.05) is 12.1 Å². The van der Waals surface area contributed by atoms with Gasteiger partial charge >= 0.3 is 0 Å². The first kappa shape index (κ1) is 16.0. The maximum atomic E-state index is 9.86. The van der Waals surface area contributed by atoms with Crippen molar-refractivity contribution < 1.29 is 5.11 Å². The average molecular weight is 264 g/mol. The van der Waals surface area contributed by atoms with Crippen molar-refractivity contribution in [1.29, 1.82) is 0 Å². The first-order valence-corrected chi connectivity index (χ1v) is 7.22. The highest BCUT2D eigenvalue weighted by atomic mass is 16.3. The van der Waals surface area contributed by atoms with Crippen LogP contribution in [0.2, 0.25) is 0 Å². The van der Waals surface area contributed by atoms with Gasteiger partial charge in [0.25, 0.3) is 0 Å². The van der Waals surface area contributed by atoms with Gasteiger partial charge in [-0.05, 0) is 57.7 Å². The van der Waals surface area contributed by atoms with Crippen molar-refractivity contribution in [3.05, 3.63) is 29.8 Å². The minimum Gasteiger partial charge on any atom is -0.389 e. The van der Waals surface area contributed by atoms with E-state index in [-0.39, 0.29) is 0 Å². The van der Waals surface area contributed by atoms with Gasteiger partial charge in [-0.15, -0.1) is 0 Å². The molecule has 0 saturated carbocycles. The Bertz CT molecular complexity index is 377. The van der Waals surface area contributed by atoms with Crippen LogP contribution in [0.5, 0.6) is 0 Å². The molecule has 0 fully saturated rings. The number of rotatable bonds is 8. The van der Waals surface area contributed by atoms with E-state index in [0.717, 1.165) is 32.4 Å². The van der Waals surface area contributed by atoms with Gasteiger partial charge in [0.15, 0.2) is 0 Å². The molecule has 0 radical (unpaired) electrons. The molecule has 19 heavy (non-hydrogen) atoms. The first-order valence-electron chi connectivity index (χ1n) is 7.22. The van der Waals surface area contributed by atoms with Crippen LogP contribution in [0.15, 0.2) is 24.3 Å². The van der Waals surface area contributed by atoms with Gasteiger partial charge in [-0.25, -0.2) is 0 Å². The van der Waals surface area contributed by atoms with Gasteiger partial charge in [0.2, 0.25) is 0 Å². The summed E-state index contributed by atoms with van der Waals surface area (Å²) in [6, 6.07) is 8.61. The zero-order valence-electron chi connectivity index (χ0n) is 12.5. The normalized spacial score (nSPS) is 14.2. The third kappa shape index (κ3) is 5.62. The average Bonchev–Trinajstić information content (AvgIpc) is 2.39. The Labute approximate surface area is 117 Å². The topological polar surface area (TPSA) is 49.5 Å². The van der Waals surface area contributed by atoms with Crippen LogP contribution in [0.4, 0.5) is 5.69 Å². The molecule has 0 aliphatic heterocycles. The van der Waals surface area contributed by atoms with Crippen molar-refractivity contribution >= 4 is 5.69 Å². The van der Waals surface area contributed by atoms with Crippen LogP contribution >= 0.6 is 0 Å². The minimum atomic E-state index is -0.708. The Morgan fingerprint density at radius 3 is 2.63 bits per heavy atom. The van der Waals surface area contributed by atoms with Crippen LogP contribution in [0.25, 0.3) is 0 Å². The quantitative estimate of drug-likeness (QED) is 0.710. The maximum Gasteiger partial charge on any atom is 0.0741 e. The summed E-state index contributed by atoms with van der Waals surface area (Å²) in [5.74, 6) is 0. The second-order valence-corrected chi connectivity index (χ2v) is 5.58. The van der Waals surface area contributed by atoms with E-state index >= 15 is 0 Å². The van der Waals surface area contributed by atoms with E-state index in [4.69, 9.17) is 5.73 Å². The van der Waals surface area contributed by atoms with Gasteiger partial charge in [0.1, 0.15) is 0 Å². The largest absolute Gasteiger partial charge is 0.389 e. The molecular formula is C16H28N2O. The molecule has 108 valence electrons. The lowest BCUT2D eigenvalue weighted by Crippen LogP contribution is -2.34. The second-order valence-electron chi connectivity index (χ2n) is 5.58. The Kier molecular flexibility index (Phi) is 6.32. The maximum absolute atomic E-state index is 9.86. The number of hydrogen-bond acceptors (Lipinski definition) is 3. The third-order valence-electron chi connectivity index (χ3n) is 3.58. The summed E-state index contributed by atoms with van der Waals surface area (Å²) in [7, 11) is 0. The van der Waals surface area contributed by atoms with E-state index in [1.54, 1.807) is 0 Å². The van der Waals surface area contributed by atoms with Crippen molar-refractivity contribution in [3.8, 4) is 0 Å². The number of hydrogen-bond donors (Lipinski definition) is 2. The number of unbranched alkanes of at least 4 members (excludes halogenated alkanes) is 1. The lowest BCUT2D eigenvalue weighted by Gasteiger charge is -2.25. The molecule has 0 aromatic heterocycles. The molecular weight excluding hydrogens is 236 g/mol. The monoisotopic (exact) mass is 264 g/mol. The fourth-order valence-corrected chi connectivity index (χ4v) is 2.21.